The van der Waals surface area contributed by atoms with Gasteiger partial charge in [-0.1, -0.05) is 12.8 Å². The van der Waals surface area contributed by atoms with E-state index < -0.39 is 15.1 Å². The Balaban J connectivity index is 2.37. The van der Waals surface area contributed by atoms with E-state index in [2.05, 4.69) is 0 Å². The molecule has 1 saturated carbocycles. The smallest absolute Gasteiger partial charge is 0.157 e. The number of Topliss-reactive ketones (excluding diaryl/α,β-unsaturated/α-hetero) is 1. The van der Waals surface area contributed by atoms with Crippen LogP contribution in [0.25, 0.3) is 0 Å². The largest absolute Gasteiger partial charge is 0.298 e. The predicted molar refractivity (Wildman–Crippen MR) is 51.3 cm³/mol. The molecule has 0 aromatic rings. The van der Waals surface area contributed by atoms with Gasteiger partial charge in [0.1, 0.15) is 5.25 Å². The molecule has 1 aliphatic rings. The summed E-state index contributed by atoms with van der Waals surface area (Å²) < 4.78 is 22.0. The molecule has 0 radical (unpaired) electrons. The van der Waals surface area contributed by atoms with Gasteiger partial charge in [0.15, 0.2) is 15.6 Å². The van der Waals surface area contributed by atoms with Gasteiger partial charge in [0.25, 0.3) is 0 Å². The summed E-state index contributed by atoms with van der Waals surface area (Å²) in [6.45, 7) is 1.48. The van der Waals surface area contributed by atoms with Crippen molar-refractivity contribution >= 4 is 15.6 Å². The van der Waals surface area contributed by atoms with E-state index >= 15 is 0 Å². The van der Waals surface area contributed by atoms with Gasteiger partial charge in [-0.2, -0.15) is 0 Å². The highest BCUT2D eigenvalue weighted by atomic mass is 32.2. The number of ketones is 1. The first kappa shape index (κ1) is 10.7. The lowest BCUT2D eigenvalue weighted by atomic mass is 10.1. The third-order valence-electron chi connectivity index (χ3n) is 2.59. The molecule has 0 aromatic heterocycles. The normalized spacial score (nSPS) is 19.8. The Morgan fingerprint density at radius 2 is 2.00 bits per heavy atom. The molecular formula is C9H16O3S. The Kier molecular flexibility index (Phi) is 3.11. The van der Waals surface area contributed by atoms with Crippen molar-refractivity contribution in [1.29, 1.82) is 0 Å². The van der Waals surface area contributed by atoms with Crippen LogP contribution in [0.15, 0.2) is 0 Å². The molecule has 0 spiro atoms. The lowest BCUT2D eigenvalue weighted by Crippen LogP contribution is -2.26. The summed E-state index contributed by atoms with van der Waals surface area (Å²) in [4.78, 5) is 11.3. The molecule has 3 nitrogen and oxygen atoms in total. The van der Waals surface area contributed by atoms with Crippen LogP contribution in [0.1, 0.15) is 32.6 Å². The number of carbonyl (C=O) groups excluding carboxylic acids is 1. The van der Waals surface area contributed by atoms with Crippen LogP contribution in [-0.4, -0.2) is 25.7 Å². The van der Waals surface area contributed by atoms with E-state index in [1.807, 2.05) is 0 Å². The first-order chi connectivity index (χ1) is 5.91. The van der Waals surface area contributed by atoms with Gasteiger partial charge in [0.05, 0.1) is 0 Å². The summed E-state index contributed by atoms with van der Waals surface area (Å²) in [5, 5.41) is -0.814. The van der Waals surface area contributed by atoms with Gasteiger partial charge in [-0.05, 0) is 19.3 Å². The molecule has 0 amide bonds. The molecule has 1 aliphatic carbocycles. The van der Waals surface area contributed by atoms with Crippen molar-refractivity contribution in [2.24, 2.45) is 5.92 Å². The van der Waals surface area contributed by atoms with Crippen LogP contribution in [0.4, 0.5) is 0 Å². The highest BCUT2D eigenvalue weighted by molar-refractivity contribution is 7.92. The SMILES string of the molecule is CC(C(=O)CCC1CC1)S(C)(=O)=O. The van der Waals surface area contributed by atoms with Crippen LogP contribution in [0, 0.1) is 5.92 Å². The van der Waals surface area contributed by atoms with Crippen LogP contribution in [0.3, 0.4) is 0 Å². The zero-order valence-corrected chi connectivity index (χ0v) is 8.93. The fourth-order valence-electron chi connectivity index (χ4n) is 1.19. The van der Waals surface area contributed by atoms with Crippen molar-refractivity contribution in [3.63, 3.8) is 0 Å². The average Bonchev–Trinajstić information content (AvgIpc) is 2.80. The number of rotatable bonds is 5. The van der Waals surface area contributed by atoms with Gasteiger partial charge in [0.2, 0.25) is 0 Å². The molecule has 1 rings (SSSR count). The van der Waals surface area contributed by atoms with Gasteiger partial charge >= 0.3 is 0 Å². The van der Waals surface area contributed by atoms with Crippen LogP contribution >= 0.6 is 0 Å². The number of hydrogen-bond donors (Lipinski definition) is 0. The fourth-order valence-corrected chi connectivity index (χ4v) is 1.79. The summed E-state index contributed by atoms with van der Waals surface area (Å²) in [6, 6.07) is 0. The third-order valence-corrected chi connectivity index (χ3v) is 4.14. The molecule has 13 heavy (non-hydrogen) atoms. The van der Waals surface area contributed by atoms with Gasteiger partial charge in [0, 0.05) is 12.7 Å². The minimum absolute atomic E-state index is 0.130. The van der Waals surface area contributed by atoms with Gasteiger partial charge in [-0.25, -0.2) is 8.42 Å². The second-order valence-electron chi connectivity index (χ2n) is 3.92. The molecule has 0 bridgehead atoms. The molecule has 76 valence electrons. The van der Waals surface area contributed by atoms with E-state index in [1.54, 1.807) is 0 Å². The van der Waals surface area contributed by atoms with E-state index in [4.69, 9.17) is 0 Å². The van der Waals surface area contributed by atoms with Crippen molar-refractivity contribution in [2.75, 3.05) is 6.26 Å². The van der Waals surface area contributed by atoms with E-state index in [-0.39, 0.29) is 5.78 Å². The molecule has 1 unspecified atom stereocenters. The minimum Gasteiger partial charge on any atom is -0.298 e. The Morgan fingerprint density at radius 1 is 1.46 bits per heavy atom. The van der Waals surface area contributed by atoms with E-state index in [1.165, 1.54) is 19.8 Å². The molecule has 0 heterocycles. The van der Waals surface area contributed by atoms with Crippen molar-refractivity contribution in [1.82, 2.24) is 0 Å². The Bertz CT molecular complexity index is 288. The Hall–Kier alpha value is -0.380. The van der Waals surface area contributed by atoms with Crippen LogP contribution < -0.4 is 0 Å². The zero-order valence-electron chi connectivity index (χ0n) is 8.12. The second-order valence-corrected chi connectivity index (χ2v) is 6.29. The molecule has 1 fully saturated rings. The lowest BCUT2D eigenvalue weighted by molar-refractivity contribution is -0.118. The fraction of sp³-hybridized carbons (Fsp3) is 0.889. The number of hydrogen-bond acceptors (Lipinski definition) is 3. The summed E-state index contributed by atoms with van der Waals surface area (Å²) in [7, 11) is -3.18. The van der Waals surface area contributed by atoms with Gasteiger partial charge in [-0.3, -0.25) is 4.79 Å². The van der Waals surface area contributed by atoms with Crippen molar-refractivity contribution in [3.8, 4) is 0 Å². The zero-order chi connectivity index (χ0) is 10.1. The second kappa shape index (κ2) is 3.78. The average molecular weight is 204 g/mol. The molecule has 4 heteroatoms. The van der Waals surface area contributed by atoms with E-state index in [9.17, 15) is 13.2 Å². The van der Waals surface area contributed by atoms with Gasteiger partial charge < -0.3 is 0 Å². The maximum Gasteiger partial charge on any atom is 0.157 e. The summed E-state index contributed by atoms with van der Waals surface area (Å²) >= 11 is 0. The molecule has 0 aliphatic heterocycles. The van der Waals surface area contributed by atoms with Crippen LogP contribution in [0.5, 0.6) is 0 Å². The minimum atomic E-state index is -3.18. The van der Waals surface area contributed by atoms with Crippen molar-refractivity contribution < 1.29 is 13.2 Å². The van der Waals surface area contributed by atoms with Crippen molar-refractivity contribution in [2.45, 2.75) is 37.9 Å². The maximum absolute atomic E-state index is 11.3. The molecule has 1 atom stereocenters. The Labute approximate surface area is 79.4 Å². The summed E-state index contributed by atoms with van der Waals surface area (Å²) in [5.74, 6) is 0.560. The first-order valence-corrected chi connectivity index (χ1v) is 6.58. The lowest BCUT2D eigenvalue weighted by Gasteiger charge is -2.07. The van der Waals surface area contributed by atoms with E-state index in [0.717, 1.165) is 12.7 Å². The van der Waals surface area contributed by atoms with Crippen molar-refractivity contribution in [3.05, 3.63) is 0 Å². The quantitative estimate of drug-likeness (QED) is 0.675. The topological polar surface area (TPSA) is 51.2 Å². The van der Waals surface area contributed by atoms with E-state index in [0.29, 0.717) is 12.3 Å². The highest BCUT2D eigenvalue weighted by Crippen LogP contribution is 2.33. The van der Waals surface area contributed by atoms with Crippen LogP contribution in [0.2, 0.25) is 0 Å². The molecule has 0 N–H and O–H groups in total. The number of carbonyl (C=O) groups is 1. The predicted octanol–water partition coefficient (Wildman–Crippen LogP) is 1.18. The highest BCUT2D eigenvalue weighted by Gasteiger charge is 2.26. The third kappa shape index (κ3) is 3.46. The monoisotopic (exact) mass is 204 g/mol. The first-order valence-electron chi connectivity index (χ1n) is 4.63. The molecule has 0 aromatic carbocycles. The number of sulfone groups is 1. The van der Waals surface area contributed by atoms with Crippen LogP contribution in [-0.2, 0) is 14.6 Å². The standard InChI is InChI=1S/C9H16O3S/c1-7(13(2,11)12)9(10)6-5-8-3-4-8/h7-8H,3-6H2,1-2H3. The van der Waals surface area contributed by atoms with Gasteiger partial charge in [-0.15, -0.1) is 0 Å². The maximum atomic E-state index is 11.3. The molecule has 0 saturated heterocycles. The Morgan fingerprint density at radius 3 is 2.38 bits per heavy atom. The summed E-state index contributed by atoms with van der Waals surface area (Å²) in [5.41, 5.74) is 0. The molecular weight excluding hydrogens is 188 g/mol. The summed E-state index contributed by atoms with van der Waals surface area (Å²) in [6.07, 6.45) is 4.84.